The lowest BCUT2D eigenvalue weighted by Gasteiger charge is -2.12. The van der Waals surface area contributed by atoms with E-state index in [1.165, 1.54) is 0 Å². The maximum absolute atomic E-state index is 8.89. The van der Waals surface area contributed by atoms with Crippen molar-refractivity contribution in [3.05, 3.63) is 0 Å². The van der Waals surface area contributed by atoms with Crippen LogP contribution in [0.15, 0.2) is 0 Å². The fourth-order valence-electron chi connectivity index (χ4n) is 0. The van der Waals surface area contributed by atoms with Gasteiger partial charge in [-0.3, -0.25) is 4.21 Å². The Balaban J connectivity index is -0.000000107. The summed E-state index contributed by atoms with van der Waals surface area (Å²) in [6, 6.07) is 0.523. The van der Waals surface area contributed by atoms with E-state index in [4.69, 9.17) is 13.3 Å². The minimum Gasteiger partial charge on any atom is -0.780 e. The smallest absolute Gasteiger partial charge is 0.131 e. The second-order valence-corrected chi connectivity index (χ2v) is 3.84. The molecule has 0 amide bonds. The van der Waals surface area contributed by atoms with Gasteiger partial charge in [0.1, 0.15) is 12.6 Å². The van der Waals surface area contributed by atoms with Gasteiger partial charge in [-0.05, 0) is 18.1 Å². The molecule has 11 heavy (non-hydrogen) atoms. The van der Waals surface area contributed by atoms with Gasteiger partial charge in [0.05, 0.1) is 0 Å². The SMILES string of the molecule is C[C@@H]([NH3+])C[NH3+].O.O=S([O-])([O-])=S. The van der Waals surface area contributed by atoms with E-state index in [1.54, 1.807) is 0 Å². The van der Waals surface area contributed by atoms with Crippen molar-refractivity contribution in [1.82, 2.24) is 0 Å². The molecule has 8 N–H and O–H groups in total. The van der Waals surface area contributed by atoms with Crippen molar-refractivity contribution in [3.8, 4) is 0 Å². The molecule has 0 radical (unpaired) electrons. The van der Waals surface area contributed by atoms with E-state index >= 15 is 0 Å². The number of rotatable bonds is 1. The van der Waals surface area contributed by atoms with Crippen LogP contribution in [0.3, 0.4) is 0 Å². The molecular weight excluding hydrogens is 192 g/mol. The zero-order valence-corrected chi connectivity index (χ0v) is 7.87. The van der Waals surface area contributed by atoms with Crippen molar-refractivity contribution in [2.45, 2.75) is 13.0 Å². The van der Waals surface area contributed by atoms with Crippen LogP contribution in [0.1, 0.15) is 6.92 Å². The van der Waals surface area contributed by atoms with Gasteiger partial charge in [-0.15, -0.1) is 9.05 Å². The third kappa shape index (κ3) is 144. The quantitative estimate of drug-likeness (QED) is 0.449. The Morgan fingerprint density at radius 3 is 1.73 bits per heavy atom. The molecule has 0 unspecified atom stereocenters. The first-order valence-corrected chi connectivity index (χ1v) is 4.89. The lowest BCUT2D eigenvalue weighted by atomic mass is 10.4. The monoisotopic (exact) mass is 206 g/mol. The van der Waals surface area contributed by atoms with Gasteiger partial charge in [0, 0.05) is 0 Å². The molecule has 0 bridgehead atoms. The second kappa shape index (κ2) is 8.27. The Morgan fingerprint density at radius 1 is 1.64 bits per heavy atom. The molecule has 0 aromatic rings. The lowest BCUT2D eigenvalue weighted by Crippen LogP contribution is -2.71. The molecular formula is C3H14N2O4S2. The maximum Gasteiger partial charge on any atom is 0.131 e. The van der Waals surface area contributed by atoms with E-state index < -0.39 is 9.05 Å². The van der Waals surface area contributed by atoms with E-state index in [9.17, 15) is 0 Å². The van der Waals surface area contributed by atoms with E-state index in [2.05, 4.69) is 22.7 Å². The van der Waals surface area contributed by atoms with Crippen molar-refractivity contribution in [3.63, 3.8) is 0 Å². The van der Waals surface area contributed by atoms with Crippen LogP contribution in [-0.4, -0.2) is 31.4 Å². The first-order valence-electron chi connectivity index (χ1n) is 2.56. The molecule has 0 fully saturated rings. The molecule has 0 aliphatic rings. The summed E-state index contributed by atoms with van der Waals surface area (Å²) in [6.07, 6.45) is 0. The van der Waals surface area contributed by atoms with Crippen molar-refractivity contribution in [2.75, 3.05) is 6.54 Å². The van der Waals surface area contributed by atoms with Crippen molar-refractivity contribution in [2.24, 2.45) is 0 Å². The fourth-order valence-corrected chi connectivity index (χ4v) is 0. The van der Waals surface area contributed by atoms with E-state index in [0.717, 1.165) is 6.54 Å². The number of hydrogen-bond donors (Lipinski definition) is 2. The molecule has 0 saturated heterocycles. The third-order valence-corrected chi connectivity index (χ3v) is 0.493. The minimum atomic E-state index is -4.33. The van der Waals surface area contributed by atoms with Gasteiger partial charge in [0.25, 0.3) is 0 Å². The molecule has 6 nitrogen and oxygen atoms in total. The Kier molecular flexibility index (Phi) is 13.0. The van der Waals surface area contributed by atoms with E-state index in [-0.39, 0.29) is 5.48 Å². The van der Waals surface area contributed by atoms with Gasteiger partial charge in [-0.25, -0.2) is 0 Å². The molecule has 0 spiro atoms. The molecule has 0 aliphatic carbocycles. The molecule has 0 aliphatic heterocycles. The van der Waals surface area contributed by atoms with Crippen LogP contribution in [0.5, 0.6) is 0 Å². The van der Waals surface area contributed by atoms with Gasteiger partial charge in [-0.1, -0.05) is 0 Å². The van der Waals surface area contributed by atoms with Crippen molar-refractivity contribution in [1.29, 1.82) is 0 Å². The van der Waals surface area contributed by atoms with Gasteiger partial charge in [0.2, 0.25) is 0 Å². The zero-order valence-electron chi connectivity index (χ0n) is 6.24. The van der Waals surface area contributed by atoms with Gasteiger partial charge >= 0.3 is 0 Å². The zero-order chi connectivity index (χ0) is 8.78. The largest absolute Gasteiger partial charge is 0.780 e. The first-order chi connectivity index (χ1) is 4.27. The summed E-state index contributed by atoms with van der Waals surface area (Å²) in [4.78, 5) is 0. The summed E-state index contributed by atoms with van der Waals surface area (Å²) in [5.74, 6) is 0. The highest BCUT2D eigenvalue weighted by atomic mass is 32.9. The standard InChI is InChI=1S/C3H10N2.H2O3S2.H2O/c1-3(5)2-4;1-5(2,3)4;/h3H,2,4-5H2,1H3;(H2,1,2,3,4);1H2/t3-;;/m1../s1. The molecule has 0 aromatic carbocycles. The van der Waals surface area contributed by atoms with Crippen LogP contribution in [-0.2, 0) is 20.2 Å². The third-order valence-electron chi connectivity index (χ3n) is 0.493. The van der Waals surface area contributed by atoms with Crippen LogP contribution in [0.25, 0.3) is 0 Å². The summed E-state index contributed by atoms with van der Waals surface area (Å²) in [5, 5.41) is 0. The van der Waals surface area contributed by atoms with E-state index in [1.807, 2.05) is 6.92 Å². The minimum absolute atomic E-state index is 0. The summed E-state index contributed by atoms with van der Waals surface area (Å²) in [7, 11) is -4.33. The van der Waals surface area contributed by atoms with Crippen LogP contribution in [0.4, 0.5) is 0 Å². The summed E-state index contributed by atoms with van der Waals surface area (Å²) in [6.45, 7) is 2.99. The Morgan fingerprint density at radius 2 is 1.73 bits per heavy atom. The maximum atomic E-state index is 8.89. The first kappa shape index (κ1) is 17.3. The molecule has 0 rings (SSSR count). The lowest BCUT2D eigenvalue weighted by molar-refractivity contribution is -0.488. The Hall–Kier alpha value is 0.170. The molecule has 0 heterocycles. The van der Waals surface area contributed by atoms with Gasteiger partial charge in [-0.2, -0.15) is 0 Å². The highest BCUT2D eigenvalue weighted by Gasteiger charge is 1.88. The Labute approximate surface area is 70.6 Å². The second-order valence-electron chi connectivity index (χ2n) is 1.80. The van der Waals surface area contributed by atoms with Crippen molar-refractivity contribution >= 4 is 20.2 Å². The van der Waals surface area contributed by atoms with Gasteiger partial charge in [0.15, 0.2) is 0 Å². The van der Waals surface area contributed by atoms with Gasteiger partial charge < -0.3 is 26.0 Å². The topological polar surface area (TPSA) is 150 Å². The molecule has 1 atom stereocenters. The molecule has 72 valence electrons. The molecule has 0 saturated carbocycles. The Bertz CT molecular complexity index is 147. The average molecular weight is 206 g/mol. The van der Waals surface area contributed by atoms with E-state index in [0.29, 0.717) is 6.04 Å². The fraction of sp³-hybridized carbons (Fsp3) is 1.00. The van der Waals surface area contributed by atoms with Crippen LogP contribution in [0, 0.1) is 0 Å². The summed E-state index contributed by atoms with van der Waals surface area (Å²) >= 11 is 3.24. The predicted molar refractivity (Wildman–Crippen MR) is 40.8 cm³/mol. The average Bonchev–Trinajstić information content (AvgIpc) is 1.61. The number of quaternary nitrogens is 2. The normalized spacial score (nSPS) is 12.1. The summed E-state index contributed by atoms with van der Waals surface area (Å²) in [5.41, 5.74) is 7.32. The highest BCUT2D eigenvalue weighted by molar-refractivity contribution is 8.26. The molecule has 0 aromatic heterocycles. The molecule has 8 heteroatoms. The van der Waals surface area contributed by atoms with Crippen molar-refractivity contribution < 1.29 is 30.3 Å². The van der Waals surface area contributed by atoms with Crippen LogP contribution < -0.4 is 11.5 Å². The van der Waals surface area contributed by atoms with Crippen LogP contribution >= 0.6 is 0 Å². The predicted octanol–water partition coefficient (Wildman–Crippen LogP) is -3.97. The van der Waals surface area contributed by atoms with Crippen LogP contribution in [0.2, 0.25) is 0 Å². The summed E-state index contributed by atoms with van der Waals surface area (Å²) < 4.78 is 26.7. The number of hydrogen-bond acceptors (Lipinski definition) is 4. The highest BCUT2D eigenvalue weighted by Crippen LogP contribution is 1.60.